The molecule has 0 saturated heterocycles. The average molecular weight is 216 g/mol. The number of nitrogen functional groups attached to an aromatic ring is 1. The van der Waals surface area contributed by atoms with Crippen molar-refractivity contribution < 1.29 is 4.39 Å². The van der Waals surface area contributed by atoms with E-state index in [2.05, 4.69) is 5.32 Å². The van der Waals surface area contributed by atoms with Gasteiger partial charge in [-0.1, -0.05) is 6.07 Å². The maximum absolute atomic E-state index is 13.1. The van der Waals surface area contributed by atoms with E-state index in [0.29, 0.717) is 11.3 Å². The Balaban J connectivity index is 2.24. The Morgan fingerprint density at radius 1 is 1.06 bits per heavy atom. The van der Waals surface area contributed by atoms with Gasteiger partial charge in [-0.05, 0) is 48.9 Å². The van der Waals surface area contributed by atoms with Gasteiger partial charge in [0, 0.05) is 17.1 Å². The van der Waals surface area contributed by atoms with Crippen LogP contribution in [0.5, 0.6) is 0 Å². The third kappa shape index (κ3) is 2.31. The van der Waals surface area contributed by atoms with E-state index in [4.69, 9.17) is 5.73 Å². The van der Waals surface area contributed by atoms with E-state index < -0.39 is 0 Å². The first kappa shape index (κ1) is 10.5. The van der Waals surface area contributed by atoms with Gasteiger partial charge in [0.25, 0.3) is 0 Å². The molecule has 3 N–H and O–H groups in total. The lowest BCUT2D eigenvalue weighted by atomic mass is 10.2. The Morgan fingerprint density at radius 3 is 2.50 bits per heavy atom. The molecule has 0 saturated carbocycles. The zero-order chi connectivity index (χ0) is 11.5. The molecule has 0 bridgehead atoms. The maximum Gasteiger partial charge on any atom is 0.126 e. The van der Waals surface area contributed by atoms with Gasteiger partial charge in [-0.3, -0.25) is 0 Å². The largest absolute Gasteiger partial charge is 0.399 e. The molecular formula is C13H13FN2. The molecule has 0 spiro atoms. The van der Waals surface area contributed by atoms with Crippen LogP contribution in [-0.2, 0) is 0 Å². The second kappa shape index (κ2) is 4.23. The lowest BCUT2D eigenvalue weighted by molar-refractivity contribution is 0.619. The summed E-state index contributed by atoms with van der Waals surface area (Å²) in [5.74, 6) is -0.196. The Bertz CT molecular complexity index is 509. The van der Waals surface area contributed by atoms with Crippen molar-refractivity contribution in [1.82, 2.24) is 0 Å². The summed E-state index contributed by atoms with van der Waals surface area (Å²) in [5.41, 5.74) is 8.73. The minimum atomic E-state index is -0.196. The van der Waals surface area contributed by atoms with Crippen LogP contribution in [0, 0.1) is 12.7 Å². The summed E-state index contributed by atoms with van der Waals surface area (Å²) in [6.45, 7) is 1.74. The molecule has 0 aromatic heterocycles. The molecule has 82 valence electrons. The van der Waals surface area contributed by atoms with Crippen molar-refractivity contribution in [2.24, 2.45) is 0 Å². The zero-order valence-electron chi connectivity index (χ0n) is 9.00. The number of rotatable bonds is 2. The summed E-state index contributed by atoms with van der Waals surface area (Å²) in [5, 5.41) is 3.17. The number of benzene rings is 2. The highest BCUT2D eigenvalue weighted by Gasteiger charge is 1.99. The molecule has 0 radical (unpaired) electrons. The molecule has 0 atom stereocenters. The Labute approximate surface area is 93.9 Å². The standard InChI is InChI=1S/C13H13FN2/c1-9-7-12(5-6-13(9)14)16-11-4-2-3-10(15)8-11/h2-8,16H,15H2,1H3. The van der Waals surface area contributed by atoms with E-state index in [0.717, 1.165) is 11.4 Å². The summed E-state index contributed by atoms with van der Waals surface area (Å²) in [7, 11) is 0. The molecule has 0 heterocycles. The Kier molecular flexibility index (Phi) is 2.77. The molecule has 16 heavy (non-hydrogen) atoms. The van der Waals surface area contributed by atoms with Gasteiger partial charge in [-0.25, -0.2) is 4.39 Å². The number of halogens is 1. The van der Waals surface area contributed by atoms with Crippen LogP contribution < -0.4 is 11.1 Å². The van der Waals surface area contributed by atoms with Crippen LogP contribution in [0.1, 0.15) is 5.56 Å². The highest BCUT2D eigenvalue weighted by atomic mass is 19.1. The molecule has 0 aliphatic carbocycles. The van der Waals surface area contributed by atoms with Crippen molar-refractivity contribution in [3.8, 4) is 0 Å². The molecule has 2 nitrogen and oxygen atoms in total. The Hall–Kier alpha value is -2.03. The quantitative estimate of drug-likeness (QED) is 0.754. The summed E-state index contributed by atoms with van der Waals surface area (Å²) >= 11 is 0. The molecule has 2 aromatic rings. The fourth-order valence-electron chi connectivity index (χ4n) is 1.51. The second-order valence-corrected chi connectivity index (χ2v) is 3.71. The van der Waals surface area contributed by atoms with Crippen LogP contribution in [-0.4, -0.2) is 0 Å². The van der Waals surface area contributed by atoms with Crippen LogP contribution in [0.3, 0.4) is 0 Å². The van der Waals surface area contributed by atoms with E-state index >= 15 is 0 Å². The van der Waals surface area contributed by atoms with Gasteiger partial charge in [0.15, 0.2) is 0 Å². The SMILES string of the molecule is Cc1cc(Nc2cccc(N)c2)ccc1F. The van der Waals surface area contributed by atoms with Crippen molar-refractivity contribution in [3.05, 3.63) is 53.8 Å². The van der Waals surface area contributed by atoms with Gasteiger partial charge in [0.05, 0.1) is 0 Å². The van der Waals surface area contributed by atoms with Crippen molar-refractivity contribution >= 4 is 17.1 Å². The monoisotopic (exact) mass is 216 g/mol. The van der Waals surface area contributed by atoms with Crippen molar-refractivity contribution in [3.63, 3.8) is 0 Å². The third-order valence-corrected chi connectivity index (χ3v) is 2.33. The highest BCUT2D eigenvalue weighted by Crippen LogP contribution is 2.20. The third-order valence-electron chi connectivity index (χ3n) is 2.33. The molecule has 3 heteroatoms. The summed E-state index contributed by atoms with van der Waals surface area (Å²) < 4.78 is 13.1. The summed E-state index contributed by atoms with van der Waals surface area (Å²) in [6, 6.07) is 12.3. The minimum absolute atomic E-state index is 0.196. The molecule has 2 rings (SSSR count). The number of nitrogens with two attached hydrogens (primary N) is 1. The lowest BCUT2D eigenvalue weighted by Gasteiger charge is -2.08. The van der Waals surface area contributed by atoms with Gasteiger partial charge >= 0.3 is 0 Å². The van der Waals surface area contributed by atoms with Crippen molar-refractivity contribution in [1.29, 1.82) is 0 Å². The highest BCUT2D eigenvalue weighted by molar-refractivity contribution is 5.63. The molecule has 0 unspecified atom stereocenters. The van der Waals surface area contributed by atoms with Crippen molar-refractivity contribution in [2.45, 2.75) is 6.92 Å². The minimum Gasteiger partial charge on any atom is -0.399 e. The summed E-state index contributed by atoms with van der Waals surface area (Å²) in [4.78, 5) is 0. The smallest absolute Gasteiger partial charge is 0.126 e. The van der Waals surface area contributed by atoms with Crippen LogP contribution in [0.4, 0.5) is 21.5 Å². The van der Waals surface area contributed by atoms with Gasteiger partial charge < -0.3 is 11.1 Å². The predicted molar refractivity (Wildman–Crippen MR) is 65.3 cm³/mol. The number of hydrogen-bond acceptors (Lipinski definition) is 2. The number of aryl methyl sites for hydroxylation is 1. The first-order valence-corrected chi connectivity index (χ1v) is 5.04. The molecule has 0 amide bonds. The fourth-order valence-corrected chi connectivity index (χ4v) is 1.51. The molecular weight excluding hydrogens is 203 g/mol. The normalized spacial score (nSPS) is 10.1. The van der Waals surface area contributed by atoms with Gasteiger partial charge in [0.2, 0.25) is 0 Å². The van der Waals surface area contributed by atoms with Crippen LogP contribution in [0.25, 0.3) is 0 Å². The van der Waals surface area contributed by atoms with Crippen LogP contribution in [0.2, 0.25) is 0 Å². The molecule has 0 aliphatic heterocycles. The van der Waals surface area contributed by atoms with Gasteiger partial charge in [-0.2, -0.15) is 0 Å². The van der Waals surface area contributed by atoms with E-state index in [1.165, 1.54) is 6.07 Å². The van der Waals surface area contributed by atoms with E-state index in [-0.39, 0.29) is 5.82 Å². The number of hydrogen-bond donors (Lipinski definition) is 2. The molecule has 0 aliphatic rings. The van der Waals surface area contributed by atoms with E-state index in [9.17, 15) is 4.39 Å². The summed E-state index contributed by atoms with van der Waals surface area (Å²) in [6.07, 6.45) is 0. The topological polar surface area (TPSA) is 38.0 Å². The number of anilines is 3. The maximum atomic E-state index is 13.1. The second-order valence-electron chi connectivity index (χ2n) is 3.71. The van der Waals surface area contributed by atoms with E-state index in [1.807, 2.05) is 24.3 Å². The zero-order valence-corrected chi connectivity index (χ0v) is 9.00. The fraction of sp³-hybridized carbons (Fsp3) is 0.0769. The van der Waals surface area contributed by atoms with Gasteiger partial charge in [0.1, 0.15) is 5.82 Å². The van der Waals surface area contributed by atoms with Crippen LogP contribution in [0.15, 0.2) is 42.5 Å². The Morgan fingerprint density at radius 2 is 1.81 bits per heavy atom. The first-order valence-electron chi connectivity index (χ1n) is 5.04. The van der Waals surface area contributed by atoms with E-state index in [1.54, 1.807) is 19.1 Å². The lowest BCUT2D eigenvalue weighted by Crippen LogP contribution is -1.93. The number of nitrogens with one attached hydrogen (secondary N) is 1. The van der Waals surface area contributed by atoms with Crippen molar-refractivity contribution in [2.75, 3.05) is 11.1 Å². The van der Waals surface area contributed by atoms with Crippen LogP contribution >= 0.6 is 0 Å². The molecule has 0 fully saturated rings. The molecule has 2 aromatic carbocycles. The average Bonchev–Trinajstić information content (AvgIpc) is 2.24. The predicted octanol–water partition coefficient (Wildman–Crippen LogP) is 3.46. The van der Waals surface area contributed by atoms with Gasteiger partial charge in [-0.15, -0.1) is 0 Å². The first-order chi connectivity index (χ1) is 7.65.